The van der Waals surface area contributed by atoms with Gasteiger partial charge in [-0.2, -0.15) is 5.10 Å². The van der Waals surface area contributed by atoms with Gasteiger partial charge in [0, 0.05) is 43.7 Å². The Hall–Kier alpha value is -2.96. The molecule has 0 bridgehead atoms. The van der Waals surface area contributed by atoms with Gasteiger partial charge in [0.25, 0.3) is 0 Å². The van der Waals surface area contributed by atoms with Crippen LogP contribution in [0.2, 0.25) is 0 Å². The number of fused-ring (bicyclic) bond motifs is 1. The lowest BCUT2D eigenvalue weighted by Gasteiger charge is -2.41. The van der Waals surface area contributed by atoms with E-state index >= 15 is 0 Å². The zero-order chi connectivity index (χ0) is 22.5. The molecule has 2 aromatic heterocycles. The smallest absolute Gasteiger partial charge is 0.137 e. The molecule has 1 saturated heterocycles. The number of H-pyrrole nitrogens is 1. The monoisotopic (exact) mass is 443 g/mol. The average Bonchev–Trinajstić information content (AvgIpc) is 3.51. The summed E-state index contributed by atoms with van der Waals surface area (Å²) in [7, 11) is 1.88. The van der Waals surface area contributed by atoms with Crippen molar-refractivity contribution in [1.82, 2.24) is 24.6 Å². The Kier molecular flexibility index (Phi) is 6.55. The molecule has 4 aromatic rings. The molecule has 6 heteroatoms. The fourth-order valence-corrected chi connectivity index (χ4v) is 5.13. The van der Waals surface area contributed by atoms with Gasteiger partial charge >= 0.3 is 0 Å². The van der Waals surface area contributed by atoms with Gasteiger partial charge in [-0.15, -0.1) is 0 Å². The summed E-state index contributed by atoms with van der Waals surface area (Å²) >= 11 is 0. The van der Waals surface area contributed by atoms with Crippen molar-refractivity contribution in [1.29, 1.82) is 0 Å². The van der Waals surface area contributed by atoms with Crippen LogP contribution in [-0.2, 0) is 24.1 Å². The summed E-state index contributed by atoms with van der Waals surface area (Å²) < 4.78 is 7.91. The van der Waals surface area contributed by atoms with Gasteiger partial charge in [-0.05, 0) is 61.1 Å². The molecule has 1 fully saturated rings. The minimum Gasteiger partial charge on any atom is -0.378 e. The summed E-state index contributed by atoms with van der Waals surface area (Å²) in [5.74, 6) is 0. The standard InChI is InChI=1S/C27H33N5O/c1-33-27(17-22-6-3-2-4-7-22)11-14-31(15-12-27)13-5-8-24-18-29-26-10-9-23(16-25(24)26)19-32-21-28-20-30-32/h2-4,6-7,9-10,16,18,20-21,29H,5,8,11-15,17,19H2,1H3. The summed E-state index contributed by atoms with van der Waals surface area (Å²) in [4.78, 5) is 10.1. The number of rotatable bonds is 9. The lowest BCUT2D eigenvalue weighted by Crippen LogP contribution is -2.47. The fourth-order valence-electron chi connectivity index (χ4n) is 5.13. The van der Waals surface area contributed by atoms with Crippen LogP contribution in [0, 0.1) is 0 Å². The number of benzene rings is 2. The lowest BCUT2D eigenvalue weighted by molar-refractivity contribution is -0.0565. The van der Waals surface area contributed by atoms with E-state index in [0.717, 1.165) is 51.9 Å². The Balaban J connectivity index is 1.14. The van der Waals surface area contributed by atoms with E-state index < -0.39 is 0 Å². The van der Waals surface area contributed by atoms with Crippen LogP contribution in [0.5, 0.6) is 0 Å². The number of aryl methyl sites for hydroxylation is 1. The van der Waals surface area contributed by atoms with Crippen molar-refractivity contribution in [2.45, 2.75) is 44.2 Å². The van der Waals surface area contributed by atoms with Gasteiger partial charge in [0.1, 0.15) is 12.7 Å². The maximum Gasteiger partial charge on any atom is 0.137 e. The van der Waals surface area contributed by atoms with Crippen LogP contribution in [-0.4, -0.2) is 57.0 Å². The number of aromatic amines is 1. The fraction of sp³-hybridized carbons (Fsp3) is 0.407. The minimum absolute atomic E-state index is 0.0187. The highest BCUT2D eigenvalue weighted by molar-refractivity contribution is 5.83. The Labute approximate surface area is 195 Å². The van der Waals surface area contributed by atoms with E-state index in [1.54, 1.807) is 12.7 Å². The normalized spacial score (nSPS) is 16.4. The first-order valence-corrected chi connectivity index (χ1v) is 12.0. The SMILES string of the molecule is COC1(Cc2ccccc2)CCN(CCCc2c[nH]c3ccc(Cn4cncn4)cc23)CC1. The highest BCUT2D eigenvalue weighted by Crippen LogP contribution is 2.30. The van der Waals surface area contributed by atoms with Crippen molar-refractivity contribution in [3.8, 4) is 0 Å². The second kappa shape index (κ2) is 9.89. The van der Waals surface area contributed by atoms with Gasteiger partial charge in [0.15, 0.2) is 0 Å². The summed E-state index contributed by atoms with van der Waals surface area (Å²) in [6, 6.07) is 17.4. The van der Waals surface area contributed by atoms with E-state index in [1.165, 1.54) is 34.0 Å². The van der Waals surface area contributed by atoms with Gasteiger partial charge in [-0.1, -0.05) is 36.4 Å². The van der Waals surface area contributed by atoms with Crippen LogP contribution in [0.1, 0.15) is 36.0 Å². The third-order valence-electron chi connectivity index (χ3n) is 7.13. The Morgan fingerprint density at radius 3 is 2.67 bits per heavy atom. The van der Waals surface area contributed by atoms with Gasteiger partial charge in [0.05, 0.1) is 12.1 Å². The number of methoxy groups -OCH3 is 1. The van der Waals surface area contributed by atoms with E-state index in [2.05, 4.69) is 74.7 Å². The number of hydrogen-bond acceptors (Lipinski definition) is 4. The molecule has 3 heterocycles. The number of hydrogen-bond donors (Lipinski definition) is 1. The zero-order valence-electron chi connectivity index (χ0n) is 19.4. The molecule has 0 aliphatic carbocycles. The third-order valence-corrected chi connectivity index (χ3v) is 7.13. The third kappa shape index (κ3) is 5.18. The van der Waals surface area contributed by atoms with Gasteiger partial charge in [-0.25, -0.2) is 9.67 Å². The molecule has 0 amide bonds. The molecular weight excluding hydrogens is 410 g/mol. The van der Waals surface area contributed by atoms with Gasteiger partial charge in [0.2, 0.25) is 0 Å². The molecule has 33 heavy (non-hydrogen) atoms. The van der Waals surface area contributed by atoms with Crippen molar-refractivity contribution in [3.05, 3.63) is 84.1 Å². The molecule has 0 unspecified atom stereocenters. The van der Waals surface area contributed by atoms with Crippen molar-refractivity contribution >= 4 is 10.9 Å². The second-order valence-electron chi connectivity index (χ2n) is 9.28. The summed E-state index contributed by atoms with van der Waals surface area (Å²) in [5, 5.41) is 5.55. The van der Waals surface area contributed by atoms with Crippen molar-refractivity contribution < 1.29 is 4.74 Å². The maximum absolute atomic E-state index is 6.05. The first-order chi connectivity index (χ1) is 16.2. The van der Waals surface area contributed by atoms with Gasteiger partial charge in [-0.3, -0.25) is 0 Å². The molecule has 0 saturated carbocycles. The number of nitrogens with one attached hydrogen (secondary N) is 1. The summed E-state index contributed by atoms with van der Waals surface area (Å²) in [6.07, 6.45) is 11.0. The molecule has 1 aliphatic rings. The van der Waals surface area contributed by atoms with E-state index in [0.29, 0.717) is 0 Å². The van der Waals surface area contributed by atoms with Crippen molar-refractivity contribution in [2.75, 3.05) is 26.7 Å². The molecule has 5 rings (SSSR count). The van der Waals surface area contributed by atoms with Crippen molar-refractivity contribution in [3.63, 3.8) is 0 Å². The highest BCUT2D eigenvalue weighted by Gasteiger charge is 2.34. The molecular formula is C27H33N5O. The predicted octanol–water partition coefficient (Wildman–Crippen LogP) is 4.46. The minimum atomic E-state index is -0.0187. The average molecular weight is 444 g/mol. The number of nitrogens with zero attached hydrogens (tertiary/aromatic N) is 4. The van der Waals surface area contributed by atoms with Gasteiger partial charge < -0.3 is 14.6 Å². The molecule has 0 atom stereocenters. The maximum atomic E-state index is 6.05. The molecule has 1 aliphatic heterocycles. The first-order valence-electron chi connectivity index (χ1n) is 12.0. The summed E-state index contributed by atoms with van der Waals surface area (Å²) in [6.45, 7) is 4.10. The Bertz CT molecular complexity index is 1140. The Morgan fingerprint density at radius 1 is 1.06 bits per heavy atom. The van der Waals surface area contributed by atoms with Crippen LogP contribution in [0.4, 0.5) is 0 Å². The van der Waals surface area contributed by atoms with Crippen LogP contribution in [0.25, 0.3) is 10.9 Å². The number of likely N-dealkylation sites (tertiary alicyclic amines) is 1. The number of aromatic nitrogens is 4. The lowest BCUT2D eigenvalue weighted by atomic mass is 9.85. The largest absolute Gasteiger partial charge is 0.378 e. The van der Waals surface area contributed by atoms with Crippen LogP contribution in [0.3, 0.4) is 0 Å². The molecule has 2 aromatic carbocycles. The summed E-state index contributed by atoms with van der Waals surface area (Å²) in [5.41, 5.74) is 5.21. The molecule has 172 valence electrons. The molecule has 0 spiro atoms. The van der Waals surface area contributed by atoms with E-state index in [-0.39, 0.29) is 5.60 Å². The van der Waals surface area contributed by atoms with E-state index in [4.69, 9.17) is 4.74 Å². The van der Waals surface area contributed by atoms with Crippen LogP contribution >= 0.6 is 0 Å². The quantitative estimate of drug-likeness (QED) is 0.415. The highest BCUT2D eigenvalue weighted by atomic mass is 16.5. The predicted molar refractivity (Wildman–Crippen MR) is 131 cm³/mol. The van der Waals surface area contributed by atoms with E-state index in [9.17, 15) is 0 Å². The molecule has 6 nitrogen and oxygen atoms in total. The zero-order valence-corrected chi connectivity index (χ0v) is 19.4. The van der Waals surface area contributed by atoms with Crippen LogP contribution < -0.4 is 0 Å². The Morgan fingerprint density at radius 2 is 1.91 bits per heavy atom. The topological polar surface area (TPSA) is 59.0 Å². The molecule has 1 N–H and O–H groups in total. The van der Waals surface area contributed by atoms with Crippen LogP contribution in [0.15, 0.2) is 67.4 Å². The first kappa shape index (κ1) is 21.9. The van der Waals surface area contributed by atoms with E-state index in [1.807, 2.05) is 11.8 Å². The van der Waals surface area contributed by atoms with Crippen molar-refractivity contribution in [2.24, 2.45) is 0 Å². The second-order valence-corrected chi connectivity index (χ2v) is 9.28. The number of ether oxygens (including phenoxy) is 1. The molecule has 0 radical (unpaired) electrons. The number of piperidine rings is 1.